The molecule has 0 aliphatic carbocycles. The first-order chi connectivity index (χ1) is 13.8. The predicted molar refractivity (Wildman–Crippen MR) is 111 cm³/mol. The molecule has 1 heterocycles. The lowest BCUT2D eigenvalue weighted by molar-refractivity contribution is 0.445. The maximum absolute atomic E-state index is 13.1. The minimum atomic E-state index is -3.58. The highest BCUT2D eigenvalue weighted by atomic mass is 32.2. The smallest absolute Gasteiger partial charge is 0.277 e. The second-order valence-electron chi connectivity index (χ2n) is 6.30. The van der Waals surface area contributed by atoms with Gasteiger partial charge in [-0.1, -0.05) is 43.8 Å². The molecule has 1 aromatic heterocycles. The van der Waals surface area contributed by atoms with Crippen LogP contribution in [0.3, 0.4) is 0 Å². The summed E-state index contributed by atoms with van der Waals surface area (Å²) in [5.41, 5.74) is 1.47. The standard InChI is InChI=1S/C20H22FN3O3S2/c1-4-24(5-2)29(25,26)18-8-6-7-16(13-18)19-22-23-20(27-19)28-14(3)15-9-11-17(21)12-10-15/h6-14H,4-5H2,1-3H3/t14-/m0/s1. The first-order valence-electron chi connectivity index (χ1n) is 9.21. The van der Waals surface area contributed by atoms with Crippen molar-refractivity contribution in [1.29, 1.82) is 0 Å². The van der Waals surface area contributed by atoms with Crippen molar-refractivity contribution in [2.45, 2.75) is 36.1 Å². The highest BCUT2D eigenvalue weighted by Gasteiger charge is 2.23. The number of sulfonamides is 1. The molecule has 6 nitrogen and oxygen atoms in total. The molecule has 0 spiro atoms. The van der Waals surface area contributed by atoms with E-state index >= 15 is 0 Å². The van der Waals surface area contributed by atoms with Gasteiger partial charge >= 0.3 is 0 Å². The van der Waals surface area contributed by atoms with E-state index in [0.29, 0.717) is 23.9 Å². The van der Waals surface area contributed by atoms with Gasteiger partial charge in [-0.3, -0.25) is 0 Å². The number of hydrogen-bond acceptors (Lipinski definition) is 6. The molecular weight excluding hydrogens is 413 g/mol. The molecule has 2 aromatic carbocycles. The molecule has 1 atom stereocenters. The van der Waals surface area contributed by atoms with Crippen LogP contribution >= 0.6 is 11.8 Å². The maximum atomic E-state index is 13.1. The fraction of sp³-hybridized carbons (Fsp3) is 0.300. The van der Waals surface area contributed by atoms with Gasteiger partial charge in [-0.2, -0.15) is 4.31 Å². The molecule has 0 aliphatic heterocycles. The Morgan fingerprint density at radius 3 is 2.45 bits per heavy atom. The summed E-state index contributed by atoms with van der Waals surface area (Å²) in [5, 5.41) is 8.44. The maximum Gasteiger partial charge on any atom is 0.277 e. The number of halogens is 1. The molecule has 0 bridgehead atoms. The third kappa shape index (κ3) is 4.85. The number of hydrogen-bond donors (Lipinski definition) is 0. The van der Waals surface area contributed by atoms with Crippen molar-refractivity contribution in [3.8, 4) is 11.5 Å². The van der Waals surface area contributed by atoms with E-state index in [9.17, 15) is 12.8 Å². The molecule has 0 aliphatic rings. The topological polar surface area (TPSA) is 76.3 Å². The minimum Gasteiger partial charge on any atom is -0.411 e. The van der Waals surface area contributed by atoms with Crippen molar-refractivity contribution in [3.63, 3.8) is 0 Å². The van der Waals surface area contributed by atoms with Crippen molar-refractivity contribution in [1.82, 2.24) is 14.5 Å². The summed E-state index contributed by atoms with van der Waals surface area (Å²) in [6.45, 7) is 6.35. The first-order valence-corrected chi connectivity index (χ1v) is 11.5. The second-order valence-corrected chi connectivity index (χ2v) is 9.53. The number of nitrogens with zero attached hydrogens (tertiary/aromatic N) is 3. The van der Waals surface area contributed by atoms with E-state index in [4.69, 9.17) is 4.42 Å². The molecule has 0 radical (unpaired) electrons. The highest BCUT2D eigenvalue weighted by Crippen LogP contribution is 2.35. The Hall–Kier alpha value is -2.23. The summed E-state index contributed by atoms with van der Waals surface area (Å²) >= 11 is 1.35. The van der Waals surface area contributed by atoms with E-state index in [-0.39, 0.29) is 21.9 Å². The molecule has 3 aromatic rings. The predicted octanol–water partition coefficient (Wildman–Crippen LogP) is 4.76. The largest absolute Gasteiger partial charge is 0.411 e. The Kier molecular flexibility index (Phi) is 6.71. The van der Waals surface area contributed by atoms with Crippen LogP contribution in [-0.4, -0.2) is 36.0 Å². The van der Waals surface area contributed by atoms with Gasteiger partial charge in [0.05, 0.1) is 4.90 Å². The lowest BCUT2D eigenvalue weighted by atomic mass is 10.2. The molecule has 29 heavy (non-hydrogen) atoms. The average Bonchev–Trinajstić information content (AvgIpc) is 3.18. The summed E-state index contributed by atoms with van der Waals surface area (Å²) in [7, 11) is -3.58. The van der Waals surface area contributed by atoms with Gasteiger partial charge in [0, 0.05) is 23.9 Å². The molecule has 0 N–H and O–H groups in total. The van der Waals surface area contributed by atoms with Crippen LogP contribution in [0, 0.1) is 5.82 Å². The number of thioether (sulfide) groups is 1. The molecule has 0 saturated heterocycles. The monoisotopic (exact) mass is 435 g/mol. The molecular formula is C20H22FN3O3S2. The molecule has 9 heteroatoms. The molecule has 0 unspecified atom stereocenters. The summed E-state index contributed by atoms with van der Waals surface area (Å²) in [6.07, 6.45) is 0. The summed E-state index contributed by atoms with van der Waals surface area (Å²) in [5.74, 6) is -0.0408. The summed E-state index contributed by atoms with van der Waals surface area (Å²) in [6, 6.07) is 12.7. The Morgan fingerprint density at radius 2 is 1.79 bits per heavy atom. The van der Waals surface area contributed by atoms with E-state index in [2.05, 4.69) is 10.2 Å². The number of benzene rings is 2. The zero-order chi connectivity index (χ0) is 21.0. The summed E-state index contributed by atoms with van der Waals surface area (Å²) in [4.78, 5) is 0.186. The Morgan fingerprint density at radius 1 is 1.10 bits per heavy atom. The Balaban J connectivity index is 1.81. The van der Waals surface area contributed by atoms with E-state index in [1.54, 1.807) is 50.2 Å². The van der Waals surface area contributed by atoms with Crippen molar-refractivity contribution in [2.24, 2.45) is 0 Å². The zero-order valence-corrected chi connectivity index (χ0v) is 18.0. The van der Waals surface area contributed by atoms with Crippen LogP contribution in [0.5, 0.6) is 0 Å². The number of aromatic nitrogens is 2. The fourth-order valence-electron chi connectivity index (χ4n) is 2.83. The van der Waals surface area contributed by atoms with Crippen LogP contribution in [0.4, 0.5) is 4.39 Å². The third-order valence-electron chi connectivity index (χ3n) is 4.45. The van der Waals surface area contributed by atoms with Crippen LogP contribution in [0.1, 0.15) is 31.6 Å². The normalized spacial score (nSPS) is 13.0. The third-order valence-corrected chi connectivity index (χ3v) is 7.49. The average molecular weight is 436 g/mol. The highest BCUT2D eigenvalue weighted by molar-refractivity contribution is 7.99. The van der Waals surface area contributed by atoms with Gasteiger partial charge in [0.25, 0.3) is 5.22 Å². The van der Waals surface area contributed by atoms with Gasteiger partial charge in [-0.25, -0.2) is 12.8 Å². The van der Waals surface area contributed by atoms with Crippen molar-refractivity contribution in [3.05, 3.63) is 59.9 Å². The fourth-order valence-corrected chi connectivity index (χ4v) is 5.14. The Labute approximate surface area is 174 Å². The minimum absolute atomic E-state index is 0.0155. The first kappa shape index (κ1) is 21.5. The van der Waals surface area contributed by atoms with Crippen molar-refractivity contribution < 1.29 is 17.2 Å². The van der Waals surface area contributed by atoms with Crippen LogP contribution in [-0.2, 0) is 10.0 Å². The van der Waals surface area contributed by atoms with Gasteiger partial charge in [0.15, 0.2) is 0 Å². The van der Waals surface area contributed by atoms with Gasteiger partial charge in [-0.15, -0.1) is 10.2 Å². The Bertz CT molecular complexity index is 1060. The van der Waals surface area contributed by atoms with Crippen LogP contribution in [0.25, 0.3) is 11.5 Å². The SMILES string of the molecule is CCN(CC)S(=O)(=O)c1cccc(-c2nnc(S[C@@H](C)c3ccc(F)cc3)o2)c1. The van der Waals surface area contributed by atoms with E-state index in [1.165, 1.54) is 28.2 Å². The van der Waals surface area contributed by atoms with Crippen molar-refractivity contribution in [2.75, 3.05) is 13.1 Å². The van der Waals surface area contributed by atoms with Gasteiger partial charge in [0.1, 0.15) is 5.82 Å². The summed E-state index contributed by atoms with van der Waals surface area (Å²) < 4.78 is 45.7. The molecule has 0 fully saturated rings. The van der Waals surface area contributed by atoms with Gasteiger partial charge < -0.3 is 4.42 Å². The zero-order valence-electron chi connectivity index (χ0n) is 16.4. The molecule has 3 rings (SSSR count). The van der Waals surface area contributed by atoms with E-state index in [1.807, 2.05) is 6.92 Å². The molecule has 154 valence electrons. The van der Waals surface area contributed by atoms with Crippen LogP contribution in [0.15, 0.2) is 63.1 Å². The van der Waals surface area contributed by atoms with E-state index < -0.39 is 10.0 Å². The molecule has 0 amide bonds. The van der Waals surface area contributed by atoms with E-state index in [0.717, 1.165) is 5.56 Å². The lowest BCUT2D eigenvalue weighted by Gasteiger charge is -2.18. The lowest BCUT2D eigenvalue weighted by Crippen LogP contribution is -2.30. The second kappa shape index (κ2) is 9.06. The van der Waals surface area contributed by atoms with Crippen molar-refractivity contribution >= 4 is 21.8 Å². The quantitative estimate of drug-likeness (QED) is 0.475. The van der Waals surface area contributed by atoms with Crippen LogP contribution < -0.4 is 0 Å². The van der Waals surface area contributed by atoms with Gasteiger partial charge in [-0.05, 0) is 42.8 Å². The number of rotatable bonds is 8. The molecule has 0 saturated carbocycles. The van der Waals surface area contributed by atoms with Crippen LogP contribution in [0.2, 0.25) is 0 Å². The van der Waals surface area contributed by atoms with Gasteiger partial charge in [0.2, 0.25) is 15.9 Å².